The van der Waals surface area contributed by atoms with Gasteiger partial charge in [-0.1, -0.05) is 12.1 Å². The second kappa shape index (κ2) is 4.18. The molecule has 1 atom stereocenters. The van der Waals surface area contributed by atoms with Crippen molar-refractivity contribution >= 4 is 11.7 Å². The fraction of sp³-hybridized carbons (Fsp3) is 0.231. The van der Waals surface area contributed by atoms with Gasteiger partial charge in [-0.15, -0.1) is 5.10 Å². The van der Waals surface area contributed by atoms with Gasteiger partial charge in [0.1, 0.15) is 0 Å². The van der Waals surface area contributed by atoms with Crippen LogP contribution in [-0.2, 0) is 11.2 Å². The zero-order valence-corrected chi connectivity index (χ0v) is 10.4. The van der Waals surface area contributed by atoms with Crippen LogP contribution in [0.25, 0.3) is 5.69 Å². The molecule has 1 aromatic carbocycles. The molecule has 0 bridgehead atoms. The van der Waals surface area contributed by atoms with E-state index in [1.807, 2.05) is 31.2 Å². The lowest BCUT2D eigenvalue weighted by molar-refractivity contribution is -0.125. The number of carbonyl (C=O) groups excluding carboxylic acids is 1. The Bertz CT molecular complexity index is 650. The van der Waals surface area contributed by atoms with Crippen LogP contribution in [0.3, 0.4) is 0 Å². The summed E-state index contributed by atoms with van der Waals surface area (Å²) in [6.07, 6.45) is 2.18. The predicted octanol–water partition coefficient (Wildman–Crippen LogP) is 0.786. The second-order valence-electron chi connectivity index (χ2n) is 4.72. The number of anilines is 1. The third-order valence-corrected chi connectivity index (χ3v) is 3.20. The Morgan fingerprint density at radius 3 is 3.00 bits per heavy atom. The van der Waals surface area contributed by atoms with Gasteiger partial charge < -0.3 is 5.73 Å². The van der Waals surface area contributed by atoms with E-state index >= 15 is 0 Å². The lowest BCUT2D eigenvalue weighted by Gasteiger charge is -2.22. The van der Waals surface area contributed by atoms with Crippen LogP contribution >= 0.6 is 0 Å². The molecule has 1 aliphatic heterocycles. The first kappa shape index (κ1) is 11.9. The topological polar surface area (TPSA) is 84.4 Å². The van der Waals surface area contributed by atoms with Crippen molar-refractivity contribution in [3.05, 3.63) is 41.6 Å². The third-order valence-electron chi connectivity index (χ3n) is 3.20. The van der Waals surface area contributed by atoms with Crippen molar-refractivity contribution in [1.82, 2.24) is 9.78 Å². The van der Waals surface area contributed by atoms with Gasteiger partial charge in [-0.05, 0) is 24.6 Å². The highest BCUT2D eigenvalue weighted by Gasteiger charge is 2.32. The molecule has 98 valence electrons. The van der Waals surface area contributed by atoms with E-state index in [9.17, 15) is 10.0 Å². The van der Waals surface area contributed by atoms with Crippen LogP contribution < -0.4 is 10.8 Å². The van der Waals surface area contributed by atoms with E-state index in [2.05, 4.69) is 5.10 Å². The largest absolute Gasteiger partial charge is 0.320 e. The molecule has 19 heavy (non-hydrogen) atoms. The highest BCUT2D eigenvalue weighted by atomic mass is 16.5. The van der Waals surface area contributed by atoms with Gasteiger partial charge in [0.25, 0.3) is 5.91 Å². The minimum atomic E-state index is -0.715. The minimum absolute atomic E-state index is 0.258. The molecule has 0 spiro atoms. The molecule has 2 heterocycles. The fourth-order valence-corrected chi connectivity index (χ4v) is 2.21. The zero-order valence-electron chi connectivity index (χ0n) is 10.4. The predicted molar refractivity (Wildman–Crippen MR) is 69.3 cm³/mol. The van der Waals surface area contributed by atoms with Crippen molar-refractivity contribution in [3.8, 4) is 5.69 Å². The highest BCUT2D eigenvalue weighted by molar-refractivity contribution is 5.97. The highest BCUT2D eigenvalue weighted by Crippen LogP contribution is 2.25. The average Bonchev–Trinajstić information content (AvgIpc) is 2.80. The van der Waals surface area contributed by atoms with Crippen LogP contribution in [0, 0.1) is 6.92 Å². The van der Waals surface area contributed by atoms with E-state index in [0.717, 1.165) is 16.8 Å². The molecule has 3 rings (SSSR count). The van der Waals surface area contributed by atoms with Crippen molar-refractivity contribution in [2.75, 3.05) is 5.06 Å². The number of hydroxylamine groups is 1. The zero-order chi connectivity index (χ0) is 13.6. The summed E-state index contributed by atoms with van der Waals surface area (Å²) in [5, 5.41) is 14.5. The molecule has 0 unspecified atom stereocenters. The lowest BCUT2D eigenvalue weighted by atomic mass is 10.1. The molecule has 6 heteroatoms. The number of amides is 1. The fourth-order valence-electron chi connectivity index (χ4n) is 2.21. The Balaban J connectivity index is 2.06. The number of carbonyl (C=O) groups is 1. The van der Waals surface area contributed by atoms with Crippen LogP contribution in [0.2, 0.25) is 0 Å². The molecule has 0 saturated carbocycles. The summed E-state index contributed by atoms with van der Waals surface area (Å²) in [5.74, 6) is -0.268. The van der Waals surface area contributed by atoms with Gasteiger partial charge in [0.15, 0.2) is 5.82 Å². The summed E-state index contributed by atoms with van der Waals surface area (Å²) in [5.41, 5.74) is 8.42. The van der Waals surface area contributed by atoms with Gasteiger partial charge in [-0.2, -0.15) is 5.06 Å². The maximum Gasteiger partial charge on any atom is 0.269 e. The summed E-state index contributed by atoms with van der Waals surface area (Å²) in [6, 6.07) is 7.09. The SMILES string of the molecule is Cc1cccc(-n2cc3c(n2)N(O)C(=O)[C@@H](N)C3)c1. The van der Waals surface area contributed by atoms with Gasteiger partial charge in [0.2, 0.25) is 0 Å². The average molecular weight is 258 g/mol. The molecule has 1 amide bonds. The molecule has 0 saturated heterocycles. The Labute approximate surface area is 110 Å². The van der Waals surface area contributed by atoms with Crippen molar-refractivity contribution in [2.45, 2.75) is 19.4 Å². The number of aromatic nitrogens is 2. The number of aryl methyl sites for hydroxylation is 1. The first-order valence-corrected chi connectivity index (χ1v) is 6.00. The quantitative estimate of drug-likeness (QED) is 0.740. The van der Waals surface area contributed by atoms with Crippen molar-refractivity contribution in [3.63, 3.8) is 0 Å². The molecule has 6 nitrogen and oxygen atoms in total. The van der Waals surface area contributed by atoms with Crippen LogP contribution in [-0.4, -0.2) is 26.9 Å². The maximum atomic E-state index is 11.6. The number of hydrogen-bond acceptors (Lipinski definition) is 4. The maximum absolute atomic E-state index is 11.6. The number of hydrogen-bond donors (Lipinski definition) is 2. The van der Waals surface area contributed by atoms with E-state index in [-0.39, 0.29) is 5.82 Å². The smallest absolute Gasteiger partial charge is 0.269 e. The molecule has 2 aromatic rings. The summed E-state index contributed by atoms with van der Waals surface area (Å²) in [4.78, 5) is 11.6. The van der Waals surface area contributed by atoms with E-state index in [0.29, 0.717) is 11.5 Å². The molecule has 1 aromatic heterocycles. The number of fused-ring (bicyclic) bond motifs is 1. The van der Waals surface area contributed by atoms with E-state index in [1.165, 1.54) is 0 Å². The van der Waals surface area contributed by atoms with Gasteiger partial charge in [-0.3, -0.25) is 10.0 Å². The second-order valence-corrected chi connectivity index (χ2v) is 4.72. The third kappa shape index (κ3) is 1.91. The molecular weight excluding hydrogens is 244 g/mol. The molecule has 3 N–H and O–H groups in total. The Hall–Kier alpha value is -2.18. The lowest BCUT2D eigenvalue weighted by Crippen LogP contribution is -2.47. The molecule has 0 aliphatic carbocycles. The molecule has 0 fully saturated rings. The van der Waals surface area contributed by atoms with Crippen LogP contribution in [0.1, 0.15) is 11.1 Å². The van der Waals surface area contributed by atoms with Crippen molar-refractivity contribution < 1.29 is 10.0 Å². The normalized spacial score (nSPS) is 18.6. The first-order chi connectivity index (χ1) is 9.06. The van der Waals surface area contributed by atoms with E-state index < -0.39 is 11.9 Å². The summed E-state index contributed by atoms with van der Waals surface area (Å²) >= 11 is 0. The monoisotopic (exact) mass is 258 g/mol. The molecule has 0 radical (unpaired) electrons. The standard InChI is InChI=1S/C13H14N4O2/c1-8-3-2-4-10(5-8)16-7-9-6-11(14)13(18)17(19)12(9)15-16/h2-5,7,11,19H,6,14H2,1H3/t11-/m0/s1. The van der Waals surface area contributed by atoms with Crippen molar-refractivity contribution in [1.29, 1.82) is 0 Å². The van der Waals surface area contributed by atoms with E-state index in [4.69, 9.17) is 5.73 Å². The first-order valence-electron chi connectivity index (χ1n) is 6.00. The summed E-state index contributed by atoms with van der Waals surface area (Å²) < 4.78 is 1.65. The van der Waals surface area contributed by atoms with Crippen molar-refractivity contribution in [2.24, 2.45) is 5.73 Å². The van der Waals surface area contributed by atoms with Crippen LogP contribution in [0.4, 0.5) is 5.82 Å². The van der Waals surface area contributed by atoms with E-state index in [1.54, 1.807) is 10.9 Å². The number of nitrogens with zero attached hydrogens (tertiary/aromatic N) is 3. The number of rotatable bonds is 1. The molecule has 1 aliphatic rings. The minimum Gasteiger partial charge on any atom is -0.320 e. The Morgan fingerprint density at radius 2 is 2.26 bits per heavy atom. The Morgan fingerprint density at radius 1 is 1.47 bits per heavy atom. The molecular formula is C13H14N4O2. The summed E-state index contributed by atoms with van der Waals surface area (Å²) in [7, 11) is 0. The van der Waals surface area contributed by atoms with Gasteiger partial charge in [-0.25, -0.2) is 4.68 Å². The number of benzene rings is 1. The Kier molecular flexibility index (Phi) is 2.62. The van der Waals surface area contributed by atoms with Gasteiger partial charge in [0, 0.05) is 18.2 Å². The van der Waals surface area contributed by atoms with Crippen LogP contribution in [0.15, 0.2) is 30.5 Å². The van der Waals surface area contributed by atoms with Crippen LogP contribution in [0.5, 0.6) is 0 Å². The summed E-state index contributed by atoms with van der Waals surface area (Å²) in [6.45, 7) is 1.99. The number of nitrogens with two attached hydrogens (primary N) is 1. The van der Waals surface area contributed by atoms with Gasteiger partial charge >= 0.3 is 0 Å². The van der Waals surface area contributed by atoms with Gasteiger partial charge in [0.05, 0.1) is 11.7 Å².